The number of ether oxygens (including phenoxy) is 1. The van der Waals surface area contributed by atoms with E-state index in [0.29, 0.717) is 0 Å². The lowest BCUT2D eigenvalue weighted by Crippen LogP contribution is -2.37. The molecule has 0 saturated carbocycles. The first-order chi connectivity index (χ1) is 23.2. The van der Waals surface area contributed by atoms with E-state index < -0.39 is 93.5 Å². The summed E-state index contributed by atoms with van der Waals surface area (Å²) in [6, 6.07) is 0. The van der Waals surface area contributed by atoms with Crippen LogP contribution in [0.5, 0.6) is 0 Å². The van der Waals surface area contributed by atoms with Crippen LogP contribution in [0.2, 0.25) is 0 Å². The molecule has 19 heteroatoms. The molecule has 0 unspecified atom stereocenters. The first-order valence-electron chi connectivity index (χ1n) is 14.0. The van der Waals surface area contributed by atoms with Gasteiger partial charge in [0.2, 0.25) is 0 Å². The number of carbonyl (C=O) groups is 5. The Bertz CT molecular complexity index is 700. The molecule has 0 aromatic carbocycles. The van der Waals surface area contributed by atoms with Crippen molar-refractivity contribution in [1.82, 2.24) is 0 Å². The van der Waals surface area contributed by atoms with Crippen LogP contribution in [0.1, 0.15) is 26.7 Å². The Morgan fingerprint density at radius 3 is 0.580 bits per heavy atom. The number of aliphatic hydroxyl groups excluding tert-OH is 8. The molecule has 0 aliphatic rings. The summed E-state index contributed by atoms with van der Waals surface area (Å²) in [5, 5.41) is 106. The molecule has 0 spiro atoms. The highest BCUT2D eigenvalue weighted by Gasteiger charge is 2.27. The van der Waals surface area contributed by atoms with Gasteiger partial charge in [0.05, 0.1) is 63.7 Å². The van der Waals surface area contributed by atoms with Crippen molar-refractivity contribution in [3.63, 3.8) is 0 Å². The Morgan fingerprint density at radius 2 is 0.540 bits per heavy atom. The van der Waals surface area contributed by atoms with Gasteiger partial charge in [0.1, 0.15) is 0 Å². The van der Waals surface area contributed by atoms with Gasteiger partial charge >= 0.3 is 29.8 Å². The number of hydrogen-bond donors (Lipinski definition) is 13. The third kappa shape index (κ3) is 70.2. The molecule has 0 atom stereocenters. The van der Waals surface area contributed by atoms with Crippen LogP contribution in [0.15, 0.2) is 63.3 Å². The number of aliphatic hydroxyl groups is 8. The maximum atomic E-state index is 9.25. The normalized spacial score (nSPS) is 8.84. The molecule has 0 radical (unpaired) electrons. The van der Waals surface area contributed by atoms with E-state index in [1.165, 1.54) is 0 Å². The fraction of sp³-hybridized carbons (Fsp3) is 0.516. The zero-order valence-corrected chi connectivity index (χ0v) is 28.7. The van der Waals surface area contributed by atoms with Crippen LogP contribution in [0.4, 0.5) is 0 Å². The Morgan fingerprint density at radius 1 is 0.420 bits per heavy atom. The van der Waals surface area contributed by atoms with Gasteiger partial charge in [0.15, 0.2) is 0 Å². The molecule has 50 heavy (non-hydrogen) atoms. The third-order valence-corrected chi connectivity index (χ3v) is 4.25. The molecule has 296 valence electrons. The van der Waals surface area contributed by atoms with Crippen molar-refractivity contribution in [3.8, 4) is 0 Å². The van der Waals surface area contributed by atoms with Gasteiger partial charge in [-0.15, -0.1) is 0 Å². The fourth-order valence-corrected chi connectivity index (χ4v) is 0.991. The van der Waals surface area contributed by atoms with Gasteiger partial charge in [-0.25, -0.2) is 24.0 Å². The first kappa shape index (κ1) is 64.2. The van der Waals surface area contributed by atoms with Crippen molar-refractivity contribution >= 4 is 29.8 Å². The smallest absolute Gasteiger partial charge is 0.327 e. The van der Waals surface area contributed by atoms with Crippen molar-refractivity contribution in [2.75, 3.05) is 66.1 Å². The Labute approximate surface area is 292 Å². The molecule has 0 saturated heterocycles. The molecule has 0 aliphatic heterocycles. The second-order valence-electron chi connectivity index (χ2n) is 8.59. The van der Waals surface area contributed by atoms with Gasteiger partial charge in [-0.3, -0.25) is 0 Å². The zero-order valence-electron chi connectivity index (χ0n) is 28.7. The lowest BCUT2D eigenvalue weighted by Gasteiger charge is -2.23. The van der Waals surface area contributed by atoms with E-state index in [2.05, 4.69) is 46.7 Å². The van der Waals surface area contributed by atoms with Crippen LogP contribution < -0.4 is 0 Å². The predicted molar refractivity (Wildman–Crippen MR) is 182 cm³/mol. The summed E-state index contributed by atoms with van der Waals surface area (Å²) in [5.74, 6) is -4.91. The molecule has 0 aromatic rings. The maximum Gasteiger partial charge on any atom is 0.327 e. The van der Waals surface area contributed by atoms with Crippen LogP contribution in [0.3, 0.4) is 0 Å². The fourth-order valence-electron chi connectivity index (χ4n) is 0.991. The van der Waals surface area contributed by atoms with Gasteiger partial charge in [0.25, 0.3) is 0 Å². The highest BCUT2D eigenvalue weighted by atomic mass is 16.5. The molecule has 13 N–H and O–H groups in total. The lowest BCUT2D eigenvalue weighted by atomic mass is 9.93. The molecule has 0 heterocycles. The van der Waals surface area contributed by atoms with Crippen LogP contribution in [0, 0.1) is 10.8 Å². The van der Waals surface area contributed by atoms with Crippen molar-refractivity contribution in [2.45, 2.75) is 26.7 Å². The topological polar surface area (TPSA) is 358 Å². The lowest BCUT2D eigenvalue weighted by molar-refractivity contribution is -0.132. The van der Waals surface area contributed by atoms with E-state index in [1.54, 1.807) is 0 Å². The second kappa shape index (κ2) is 51.5. The Kier molecular flexibility index (Phi) is 66.2. The van der Waals surface area contributed by atoms with E-state index in [-0.39, 0.29) is 0 Å². The number of hydrogen-bond acceptors (Lipinski definition) is 14. The molecular formula is C31H58O19. The number of carboxylic acid groups (broad SMARTS) is 5. The van der Waals surface area contributed by atoms with E-state index in [0.717, 1.165) is 56.4 Å². The summed E-state index contributed by atoms with van der Waals surface area (Å²) in [6.45, 7) is 17.6. The van der Waals surface area contributed by atoms with E-state index in [9.17, 15) is 24.0 Å². The molecule has 0 fully saturated rings. The summed E-state index contributed by atoms with van der Waals surface area (Å²) >= 11 is 0. The van der Waals surface area contributed by atoms with Crippen molar-refractivity contribution in [1.29, 1.82) is 0 Å². The van der Waals surface area contributed by atoms with Crippen molar-refractivity contribution in [3.05, 3.63) is 63.3 Å². The average molecular weight is 735 g/mol. The largest absolute Gasteiger partial charge is 0.478 e. The predicted octanol–water partition coefficient (Wildman–Crippen LogP) is -1.01. The highest BCUT2D eigenvalue weighted by Crippen LogP contribution is 2.12. The molecule has 0 rings (SSSR count). The van der Waals surface area contributed by atoms with E-state index in [1.807, 2.05) is 0 Å². The summed E-state index contributed by atoms with van der Waals surface area (Å²) < 4.78 is 5.13. The number of rotatable bonds is 17. The van der Waals surface area contributed by atoms with Gasteiger partial charge in [-0.05, 0) is 12.8 Å². The van der Waals surface area contributed by atoms with Crippen LogP contribution in [0.25, 0.3) is 0 Å². The quantitative estimate of drug-likeness (QED) is 0.0629. The summed E-state index contributed by atoms with van der Waals surface area (Å²) in [7, 11) is 0. The zero-order chi connectivity index (χ0) is 41.6. The van der Waals surface area contributed by atoms with E-state index in [4.69, 9.17) is 71.1 Å². The molecule has 19 nitrogen and oxygen atoms in total. The highest BCUT2D eigenvalue weighted by molar-refractivity contribution is 5.80. The maximum absolute atomic E-state index is 9.25. The summed E-state index contributed by atoms with van der Waals surface area (Å²) in [4.78, 5) is 46.2. The summed E-state index contributed by atoms with van der Waals surface area (Å²) in [6.07, 6.45) is 6.44. The Balaban J connectivity index is -0.0000000682. The van der Waals surface area contributed by atoms with Crippen molar-refractivity contribution < 1.29 is 95.1 Å². The van der Waals surface area contributed by atoms with Crippen molar-refractivity contribution in [2.24, 2.45) is 10.8 Å². The van der Waals surface area contributed by atoms with E-state index >= 15 is 0 Å². The average Bonchev–Trinajstić information content (AvgIpc) is 3.12. The molecule has 0 bridgehead atoms. The number of carboxylic acids is 5. The van der Waals surface area contributed by atoms with Crippen LogP contribution >= 0.6 is 0 Å². The number of aliphatic carboxylic acids is 5. The molecule has 0 amide bonds. The van der Waals surface area contributed by atoms with Gasteiger partial charge < -0.3 is 71.1 Å². The van der Waals surface area contributed by atoms with Crippen LogP contribution in [-0.4, -0.2) is 162 Å². The minimum atomic E-state index is -1.11. The van der Waals surface area contributed by atoms with Gasteiger partial charge in [0, 0.05) is 43.6 Å². The molecular weight excluding hydrogens is 676 g/mol. The van der Waals surface area contributed by atoms with Gasteiger partial charge in [-0.1, -0.05) is 46.7 Å². The first-order valence-corrected chi connectivity index (χ1v) is 14.0. The van der Waals surface area contributed by atoms with Crippen LogP contribution in [-0.2, 0) is 28.7 Å². The third-order valence-electron chi connectivity index (χ3n) is 4.25. The minimum Gasteiger partial charge on any atom is -0.478 e. The molecule has 0 aliphatic carbocycles. The monoisotopic (exact) mass is 734 g/mol. The van der Waals surface area contributed by atoms with Gasteiger partial charge in [-0.2, -0.15) is 0 Å². The molecule has 0 aromatic heterocycles. The minimum absolute atomic E-state index is 0.406. The Hall–Kier alpha value is -4.31. The second-order valence-corrected chi connectivity index (χ2v) is 8.59. The SMILES string of the molecule is C=CC(=O)O.C=CC(=O)O.C=CC(=O)O.C=CC(=O)O.C=CC(=O)O.CCCOCCC.OCC(CO)(CO)CO.OCC(CO)(CO)CO. The standard InChI is InChI=1S/C6H14O.2C5H12O4.5C3H4O2/c1-3-5-7-6-4-2;2*6-1-5(2-7,3-8)4-9;5*1-2-3(4)5/h3-6H2,1-2H3;2*6-9H,1-4H2;5*2H,1H2,(H,4,5). The summed E-state index contributed by atoms with van der Waals surface area (Å²) in [5.41, 5.74) is -2.22.